The molecule has 3 fully saturated rings. The van der Waals surface area contributed by atoms with E-state index in [2.05, 4.69) is 46.7 Å². The zero-order valence-corrected chi connectivity index (χ0v) is 15.4. The molecule has 0 radical (unpaired) electrons. The molecule has 5 nitrogen and oxygen atoms in total. The second-order valence-electron chi connectivity index (χ2n) is 8.17. The predicted octanol–water partition coefficient (Wildman–Crippen LogP) is 2.37. The van der Waals surface area contributed by atoms with E-state index in [9.17, 15) is 0 Å². The molecular formula is C19H32N4O. The van der Waals surface area contributed by atoms with E-state index in [-0.39, 0.29) is 0 Å². The molecule has 5 heteroatoms. The number of hydrogen-bond acceptors (Lipinski definition) is 4. The van der Waals surface area contributed by atoms with E-state index in [1.165, 1.54) is 50.0 Å². The van der Waals surface area contributed by atoms with Gasteiger partial charge in [-0.05, 0) is 52.6 Å². The molecule has 0 bridgehead atoms. The molecule has 0 spiro atoms. The molecular weight excluding hydrogens is 300 g/mol. The molecule has 0 aromatic carbocycles. The van der Waals surface area contributed by atoms with Crippen LogP contribution in [0.25, 0.3) is 0 Å². The molecule has 24 heavy (non-hydrogen) atoms. The van der Waals surface area contributed by atoms with Gasteiger partial charge < -0.3 is 4.74 Å². The normalized spacial score (nSPS) is 30.8. The molecule has 0 unspecified atom stereocenters. The van der Waals surface area contributed by atoms with Crippen LogP contribution in [0.3, 0.4) is 0 Å². The quantitative estimate of drug-likeness (QED) is 0.848. The third-order valence-electron chi connectivity index (χ3n) is 5.94. The summed E-state index contributed by atoms with van der Waals surface area (Å²) in [6.07, 6.45) is 8.14. The Bertz CT molecular complexity index is 550. The van der Waals surface area contributed by atoms with Gasteiger partial charge in [-0.15, -0.1) is 0 Å². The average molecular weight is 332 g/mol. The van der Waals surface area contributed by atoms with Crippen molar-refractivity contribution in [2.24, 2.45) is 7.05 Å². The first-order valence-corrected chi connectivity index (χ1v) is 9.72. The number of hydrogen-bond donors (Lipinski definition) is 0. The van der Waals surface area contributed by atoms with Gasteiger partial charge in [-0.2, -0.15) is 5.10 Å². The molecule has 2 atom stereocenters. The average Bonchev–Trinajstić information content (AvgIpc) is 3.31. The molecule has 2 aliphatic heterocycles. The van der Waals surface area contributed by atoms with Crippen molar-refractivity contribution in [2.75, 3.05) is 26.2 Å². The molecule has 3 heterocycles. The van der Waals surface area contributed by atoms with Gasteiger partial charge in [0.2, 0.25) is 0 Å². The maximum atomic E-state index is 5.89. The molecule has 1 saturated carbocycles. The lowest BCUT2D eigenvalue weighted by Crippen LogP contribution is -2.53. The number of likely N-dealkylation sites (tertiary alicyclic amines) is 1. The van der Waals surface area contributed by atoms with Crippen LogP contribution in [0.1, 0.15) is 56.7 Å². The Labute approximate surface area is 145 Å². The number of aromatic nitrogens is 2. The first-order chi connectivity index (χ1) is 11.6. The van der Waals surface area contributed by atoms with E-state index < -0.39 is 0 Å². The molecule has 0 amide bonds. The third-order valence-corrected chi connectivity index (χ3v) is 5.94. The van der Waals surface area contributed by atoms with Crippen molar-refractivity contribution < 1.29 is 4.74 Å². The lowest BCUT2D eigenvalue weighted by Gasteiger charge is -2.43. The number of ether oxygens (including phenoxy) is 1. The molecule has 1 aromatic heterocycles. The molecule has 1 aromatic rings. The van der Waals surface area contributed by atoms with Crippen LogP contribution in [0.4, 0.5) is 0 Å². The van der Waals surface area contributed by atoms with Gasteiger partial charge >= 0.3 is 0 Å². The summed E-state index contributed by atoms with van der Waals surface area (Å²) in [7, 11) is 2.10. The smallest absolute Gasteiger partial charge is 0.0678 e. The van der Waals surface area contributed by atoms with Crippen molar-refractivity contribution in [2.45, 2.75) is 70.2 Å². The minimum atomic E-state index is 0.378. The zero-order chi connectivity index (χ0) is 16.7. The van der Waals surface area contributed by atoms with Crippen LogP contribution in [0.5, 0.6) is 0 Å². The Kier molecular flexibility index (Phi) is 4.67. The standard InChI is InChI=1S/C19H32N4O/c1-14-11-23(12-15(2)24-14)18-6-8-22(9-7-18)13-17-10-20-21(3)19(17)16-4-5-16/h10,14-16,18H,4-9,11-13H2,1-3H3/t14-,15+. The van der Waals surface area contributed by atoms with E-state index >= 15 is 0 Å². The van der Waals surface area contributed by atoms with Crippen molar-refractivity contribution in [1.29, 1.82) is 0 Å². The van der Waals surface area contributed by atoms with Gasteiger partial charge in [0.25, 0.3) is 0 Å². The third kappa shape index (κ3) is 3.53. The van der Waals surface area contributed by atoms with Gasteiger partial charge in [-0.1, -0.05) is 0 Å². The highest BCUT2D eigenvalue weighted by Crippen LogP contribution is 2.41. The Morgan fingerprint density at radius 1 is 1.08 bits per heavy atom. The summed E-state index contributed by atoms with van der Waals surface area (Å²) in [4.78, 5) is 5.31. The van der Waals surface area contributed by atoms with Crippen LogP contribution >= 0.6 is 0 Å². The molecule has 0 N–H and O–H groups in total. The number of piperidine rings is 1. The van der Waals surface area contributed by atoms with Crippen molar-refractivity contribution in [3.8, 4) is 0 Å². The van der Waals surface area contributed by atoms with Gasteiger partial charge in [-0.3, -0.25) is 14.5 Å². The van der Waals surface area contributed by atoms with E-state index in [1.807, 2.05) is 0 Å². The number of aryl methyl sites for hydroxylation is 1. The minimum Gasteiger partial charge on any atom is -0.373 e. The maximum absolute atomic E-state index is 5.89. The second-order valence-corrected chi connectivity index (χ2v) is 8.17. The summed E-state index contributed by atoms with van der Waals surface area (Å²) in [6, 6.07) is 0.742. The van der Waals surface area contributed by atoms with Crippen LogP contribution in [-0.4, -0.2) is 64.0 Å². The zero-order valence-electron chi connectivity index (χ0n) is 15.4. The summed E-state index contributed by atoms with van der Waals surface area (Å²) in [5, 5.41) is 4.52. The predicted molar refractivity (Wildman–Crippen MR) is 95.1 cm³/mol. The fourth-order valence-corrected chi connectivity index (χ4v) is 4.70. The van der Waals surface area contributed by atoms with Crippen LogP contribution in [0.15, 0.2) is 6.20 Å². The highest BCUT2D eigenvalue weighted by molar-refractivity contribution is 5.25. The summed E-state index contributed by atoms with van der Waals surface area (Å²) in [5.74, 6) is 0.779. The Morgan fingerprint density at radius 3 is 2.38 bits per heavy atom. The summed E-state index contributed by atoms with van der Waals surface area (Å²) in [6.45, 7) is 10.1. The molecule has 134 valence electrons. The Morgan fingerprint density at radius 2 is 1.75 bits per heavy atom. The van der Waals surface area contributed by atoms with Crippen LogP contribution in [0, 0.1) is 0 Å². The fourth-order valence-electron chi connectivity index (χ4n) is 4.70. The molecule has 1 aliphatic carbocycles. The molecule has 3 aliphatic rings. The van der Waals surface area contributed by atoms with Crippen LogP contribution < -0.4 is 0 Å². The van der Waals surface area contributed by atoms with Crippen molar-refractivity contribution >= 4 is 0 Å². The van der Waals surface area contributed by atoms with E-state index in [1.54, 1.807) is 0 Å². The SMILES string of the molecule is C[C@@H]1CN(C2CCN(Cc3cnn(C)c3C3CC3)CC2)C[C@H](C)O1. The molecule has 2 saturated heterocycles. The topological polar surface area (TPSA) is 33.5 Å². The highest BCUT2D eigenvalue weighted by atomic mass is 16.5. The monoisotopic (exact) mass is 332 g/mol. The maximum Gasteiger partial charge on any atom is 0.0678 e. The first-order valence-electron chi connectivity index (χ1n) is 9.72. The van der Waals surface area contributed by atoms with Gasteiger partial charge in [0.15, 0.2) is 0 Å². The Balaban J connectivity index is 1.32. The lowest BCUT2D eigenvalue weighted by atomic mass is 10.0. The summed E-state index contributed by atoms with van der Waals surface area (Å²) >= 11 is 0. The van der Waals surface area contributed by atoms with Crippen molar-refractivity contribution in [1.82, 2.24) is 19.6 Å². The molecule has 4 rings (SSSR count). The number of rotatable bonds is 4. The largest absolute Gasteiger partial charge is 0.373 e. The van der Waals surface area contributed by atoms with Crippen molar-refractivity contribution in [3.63, 3.8) is 0 Å². The number of nitrogens with zero attached hydrogens (tertiary/aromatic N) is 4. The number of morpholine rings is 1. The van der Waals surface area contributed by atoms with Crippen molar-refractivity contribution in [3.05, 3.63) is 17.5 Å². The summed E-state index contributed by atoms with van der Waals surface area (Å²) < 4.78 is 8.00. The minimum absolute atomic E-state index is 0.378. The van der Waals surface area contributed by atoms with Gasteiger partial charge in [0, 0.05) is 49.9 Å². The van der Waals surface area contributed by atoms with Crippen LogP contribution in [-0.2, 0) is 18.3 Å². The Hall–Kier alpha value is -0.910. The van der Waals surface area contributed by atoms with Gasteiger partial charge in [0.05, 0.1) is 18.4 Å². The fraction of sp³-hybridized carbons (Fsp3) is 0.842. The first kappa shape index (κ1) is 16.6. The second kappa shape index (κ2) is 6.77. The van der Waals surface area contributed by atoms with E-state index in [0.29, 0.717) is 12.2 Å². The van der Waals surface area contributed by atoms with E-state index in [4.69, 9.17) is 4.74 Å². The van der Waals surface area contributed by atoms with E-state index in [0.717, 1.165) is 31.6 Å². The highest BCUT2D eigenvalue weighted by Gasteiger charge is 2.32. The van der Waals surface area contributed by atoms with Gasteiger partial charge in [-0.25, -0.2) is 0 Å². The lowest BCUT2D eigenvalue weighted by molar-refractivity contribution is -0.0865. The van der Waals surface area contributed by atoms with Crippen LogP contribution in [0.2, 0.25) is 0 Å². The van der Waals surface area contributed by atoms with Gasteiger partial charge in [0.1, 0.15) is 0 Å². The summed E-state index contributed by atoms with van der Waals surface area (Å²) in [5.41, 5.74) is 2.96.